The van der Waals surface area contributed by atoms with Gasteiger partial charge in [0.05, 0.1) is 18.7 Å². The summed E-state index contributed by atoms with van der Waals surface area (Å²) in [7, 11) is 1.36. The predicted octanol–water partition coefficient (Wildman–Crippen LogP) is 2.23. The van der Waals surface area contributed by atoms with Gasteiger partial charge in [0, 0.05) is 36.7 Å². The fraction of sp³-hybridized carbons (Fsp3) is 0.412. The number of para-hydroxylation sites is 1. The van der Waals surface area contributed by atoms with Crippen LogP contribution >= 0.6 is 0 Å². The topological polar surface area (TPSA) is 63.6 Å². The second-order valence-electron chi connectivity index (χ2n) is 5.80. The first-order valence-corrected chi connectivity index (χ1v) is 7.85. The van der Waals surface area contributed by atoms with Crippen LogP contribution in [0.15, 0.2) is 30.5 Å². The summed E-state index contributed by atoms with van der Waals surface area (Å²) in [6, 6.07) is 7.91. The number of fused-ring (bicyclic) bond motifs is 1. The molecule has 3 rings (SSSR count). The zero-order valence-corrected chi connectivity index (χ0v) is 13.4. The highest BCUT2D eigenvalue weighted by atomic mass is 16.5. The minimum absolute atomic E-state index is 0.0186. The molecule has 0 aliphatic carbocycles. The standard InChI is InChI=1S/C17H21N3O3/c1-3-8-19-11-14(13-6-4-5-7-15(13)19)16(21)18-12-9-20(10-12)17(22)23-2/h4-7,11-12H,3,8-10H2,1-2H3,(H,18,21). The fourth-order valence-corrected chi connectivity index (χ4v) is 2.96. The third-order valence-electron chi connectivity index (χ3n) is 4.15. The number of nitrogens with zero attached hydrogens (tertiary/aromatic N) is 2. The van der Waals surface area contributed by atoms with Crippen LogP contribution in [-0.4, -0.2) is 47.7 Å². The van der Waals surface area contributed by atoms with Crippen molar-refractivity contribution in [3.05, 3.63) is 36.0 Å². The van der Waals surface area contributed by atoms with E-state index in [2.05, 4.69) is 21.5 Å². The Hall–Kier alpha value is -2.50. The van der Waals surface area contributed by atoms with Crippen molar-refractivity contribution in [3.63, 3.8) is 0 Å². The van der Waals surface area contributed by atoms with Crippen molar-refractivity contribution in [2.24, 2.45) is 0 Å². The fourth-order valence-electron chi connectivity index (χ4n) is 2.96. The van der Waals surface area contributed by atoms with Gasteiger partial charge in [-0.25, -0.2) is 4.79 Å². The van der Waals surface area contributed by atoms with Crippen LogP contribution in [0.2, 0.25) is 0 Å². The Kier molecular flexibility index (Phi) is 4.23. The lowest BCUT2D eigenvalue weighted by Crippen LogP contribution is -2.60. The first kappa shape index (κ1) is 15.4. The van der Waals surface area contributed by atoms with Crippen LogP contribution in [0.4, 0.5) is 4.79 Å². The van der Waals surface area contributed by atoms with Crippen LogP contribution in [-0.2, 0) is 11.3 Å². The number of aromatic nitrogens is 1. The number of aryl methyl sites for hydroxylation is 1. The summed E-state index contributed by atoms with van der Waals surface area (Å²) in [6.45, 7) is 3.98. The molecule has 1 aliphatic rings. The zero-order chi connectivity index (χ0) is 16.4. The van der Waals surface area contributed by atoms with Crippen LogP contribution in [0.3, 0.4) is 0 Å². The number of hydrogen-bond acceptors (Lipinski definition) is 3. The van der Waals surface area contributed by atoms with E-state index >= 15 is 0 Å². The predicted molar refractivity (Wildman–Crippen MR) is 87.5 cm³/mol. The number of nitrogens with one attached hydrogen (secondary N) is 1. The third kappa shape index (κ3) is 2.88. The highest BCUT2D eigenvalue weighted by Gasteiger charge is 2.32. The molecule has 6 nitrogen and oxygen atoms in total. The molecule has 0 bridgehead atoms. The van der Waals surface area contributed by atoms with Gasteiger partial charge in [-0.15, -0.1) is 0 Å². The van der Waals surface area contributed by atoms with Crippen molar-refractivity contribution in [2.75, 3.05) is 20.2 Å². The lowest BCUT2D eigenvalue weighted by molar-refractivity contribution is 0.0698. The molecule has 122 valence electrons. The van der Waals surface area contributed by atoms with E-state index in [4.69, 9.17) is 0 Å². The Morgan fingerprint density at radius 3 is 2.74 bits per heavy atom. The molecule has 2 aromatic rings. The van der Waals surface area contributed by atoms with Crippen molar-refractivity contribution >= 4 is 22.9 Å². The smallest absolute Gasteiger partial charge is 0.409 e. The van der Waals surface area contributed by atoms with Gasteiger partial charge < -0.3 is 19.5 Å². The molecule has 1 N–H and O–H groups in total. The maximum atomic E-state index is 12.6. The second-order valence-corrected chi connectivity index (χ2v) is 5.80. The van der Waals surface area contributed by atoms with Gasteiger partial charge in [0.1, 0.15) is 0 Å². The molecule has 1 fully saturated rings. The summed E-state index contributed by atoms with van der Waals surface area (Å²) in [5.41, 5.74) is 1.76. The summed E-state index contributed by atoms with van der Waals surface area (Å²) < 4.78 is 6.77. The largest absolute Gasteiger partial charge is 0.453 e. The summed E-state index contributed by atoms with van der Waals surface area (Å²) in [5, 5.41) is 3.95. The zero-order valence-electron chi connectivity index (χ0n) is 13.4. The minimum Gasteiger partial charge on any atom is -0.453 e. The molecule has 6 heteroatoms. The van der Waals surface area contributed by atoms with E-state index in [0.29, 0.717) is 18.7 Å². The number of carbonyl (C=O) groups is 2. The van der Waals surface area contributed by atoms with E-state index in [1.54, 1.807) is 4.90 Å². The number of hydrogen-bond donors (Lipinski definition) is 1. The van der Waals surface area contributed by atoms with Gasteiger partial charge >= 0.3 is 6.09 Å². The van der Waals surface area contributed by atoms with E-state index in [9.17, 15) is 9.59 Å². The van der Waals surface area contributed by atoms with Crippen molar-refractivity contribution in [3.8, 4) is 0 Å². The summed E-state index contributed by atoms with van der Waals surface area (Å²) in [5.74, 6) is -0.0921. The molecule has 1 aliphatic heterocycles. The van der Waals surface area contributed by atoms with Crippen molar-refractivity contribution in [2.45, 2.75) is 25.9 Å². The van der Waals surface area contributed by atoms with E-state index in [-0.39, 0.29) is 18.0 Å². The number of ether oxygens (including phenoxy) is 1. The van der Waals surface area contributed by atoms with E-state index in [1.807, 2.05) is 30.5 Å². The first-order valence-electron chi connectivity index (χ1n) is 7.85. The van der Waals surface area contributed by atoms with Crippen LogP contribution in [0, 0.1) is 0 Å². The number of amides is 2. The Morgan fingerprint density at radius 1 is 1.30 bits per heavy atom. The highest BCUT2D eigenvalue weighted by molar-refractivity contribution is 6.07. The molecule has 2 heterocycles. The second kappa shape index (κ2) is 6.32. The quantitative estimate of drug-likeness (QED) is 0.941. The number of benzene rings is 1. The Morgan fingerprint density at radius 2 is 2.04 bits per heavy atom. The average molecular weight is 315 g/mol. The number of rotatable bonds is 4. The summed E-state index contributed by atoms with van der Waals surface area (Å²) >= 11 is 0. The van der Waals surface area contributed by atoms with Crippen molar-refractivity contribution in [1.82, 2.24) is 14.8 Å². The van der Waals surface area contributed by atoms with Crippen LogP contribution in [0.25, 0.3) is 10.9 Å². The molecule has 0 unspecified atom stereocenters. The minimum atomic E-state index is -0.352. The molecule has 23 heavy (non-hydrogen) atoms. The molecule has 1 aromatic heterocycles. The number of carbonyl (C=O) groups excluding carboxylic acids is 2. The van der Waals surface area contributed by atoms with Gasteiger partial charge in [-0.2, -0.15) is 0 Å². The SMILES string of the molecule is CCCn1cc(C(=O)NC2CN(C(=O)OC)C2)c2ccccc21. The van der Waals surface area contributed by atoms with Crippen LogP contribution in [0.5, 0.6) is 0 Å². The summed E-state index contributed by atoms with van der Waals surface area (Å²) in [4.78, 5) is 25.5. The molecule has 0 saturated carbocycles. The normalized spacial score (nSPS) is 14.6. The maximum absolute atomic E-state index is 12.6. The van der Waals surface area contributed by atoms with Gasteiger partial charge in [-0.3, -0.25) is 4.79 Å². The van der Waals surface area contributed by atoms with Gasteiger partial charge in [-0.05, 0) is 12.5 Å². The first-order chi connectivity index (χ1) is 11.1. The summed E-state index contributed by atoms with van der Waals surface area (Å²) in [6.07, 6.45) is 2.58. The van der Waals surface area contributed by atoms with Gasteiger partial charge in [0.25, 0.3) is 5.91 Å². The van der Waals surface area contributed by atoms with Crippen molar-refractivity contribution in [1.29, 1.82) is 0 Å². The van der Waals surface area contributed by atoms with E-state index < -0.39 is 0 Å². The van der Waals surface area contributed by atoms with E-state index in [0.717, 1.165) is 23.9 Å². The van der Waals surface area contributed by atoms with Crippen LogP contribution in [0.1, 0.15) is 23.7 Å². The monoisotopic (exact) mass is 315 g/mol. The molecular formula is C17H21N3O3. The molecule has 0 radical (unpaired) electrons. The molecule has 2 amide bonds. The number of methoxy groups -OCH3 is 1. The average Bonchev–Trinajstić information content (AvgIpc) is 2.89. The lowest BCUT2D eigenvalue weighted by Gasteiger charge is -2.38. The Balaban J connectivity index is 1.73. The number of likely N-dealkylation sites (tertiary alicyclic amines) is 1. The van der Waals surface area contributed by atoms with E-state index in [1.165, 1.54) is 7.11 Å². The molecule has 0 spiro atoms. The molecule has 1 aromatic carbocycles. The Bertz CT molecular complexity index is 732. The molecular weight excluding hydrogens is 294 g/mol. The Labute approximate surface area is 135 Å². The highest BCUT2D eigenvalue weighted by Crippen LogP contribution is 2.22. The lowest BCUT2D eigenvalue weighted by atomic mass is 10.1. The van der Waals surface area contributed by atoms with Gasteiger partial charge in [0.2, 0.25) is 0 Å². The van der Waals surface area contributed by atoms with Crippen molar-refractivity contribution < 1.29 is 14.3 Å². The van der Waals surface area contributed by atoms with Gasteiger partial charge in [-0.1, -0.05) is 25.1 Å². The molecule has 0 atom stereocenters. The third-order valence-corrected chi connectivity index (χ3v) is 4.15. The maximum Gasteiger partial charge on any atom is 0.409 e. The molecule has 1 saturated heterocycles. The van der Waals surface area contributed by atoms with Crippen LogP contribution < -0.4 is 5.32 Å². The van der Waals surface area contributed by atoms with Gasteiger partial charge in [0.15, 0.2) is 0 Å².